The average Bonchev–Trinajstić information content (AvgIpc) is 2.52. The molecular formula is C16H18O8. The molecule has 8 heteroatoms. The van der Waals surface area contributed by atoms with Crippen molar-refractivity contribution in [2.75, 3.05) is 0 Å². The highest BCUT2D eigenvalue weighted by molar-refractivity contribution is 5.87. The van der Waals surface area contributed by atoms with Crippen molar-refractivity contribution < 1.29 is 39.9 Å². The van der Waals surface area contributed by atoms with Crippen LogP contribution in [-0.4, -0.2) is 55.8 Å². The fraction of sp³-hybridized carbons (Fsp3) is 0.375. The zero-order chi connectivity index (χ0) is 17.9. The highest BCUT2D eigenvalue weighted by atomic mass is 16.6. The SMILES string of the molecule is O=C(/C=C/c1ccc(O)c(O)c1)O[C@@H]1C[C@H](C(=O)O)C[C@@H](O)[C@H]1O. The van der Waals surface area contributed by atoms with Crippen LogP contribution in [0.5, 0.6) is 11.5 Å². The van der Waals surface area contributed by atoms with E-state index in [1.165, 1.54) is 24.3 Å². The Morgan fingerprint density at radius 3 is 2.46 bits per heavy atom. The normalized spacial score (nSPS) is 27.1. The Hall–Kier alpha value is -2.58. The van der Waals surface area contributed by atoms with Gasteiger partial charge in [0.15, 0.2) is 11.5 Å². The second-order valence-electron chi connectivity index (χ2n) is 5.62. The van der Waals surface area contributed by atoms with Gasteiger partial charge in [0.2, 0.25) is 0 Å². The van der Waals surface area contributed by atoms with Gasteiger partial charge in [0.1, 0.15) is 12.2 Å². The molecule has 0 radical (unpaired) electrons. The monoisotopic (exact) mass is 338 g/mol. The number of aliphatic hydroxyl groups is 2. The number of carboxylic acids is 1. The molecular weight excluding hydrogens is 320 g/mol. The van der Waals surface area contributed by atoms with E-state index in [2.05, 4.69) is 0 Å². The van der Waals surface area contributed by atoms with Crippen LogP contribution in [-0.2, 0) is 14.3 Å². The predicted octanol–water partition coefficient (Wildman–Crippen LogP) is 0.239. The number of aromatic hydroxyl groups is 2. The first-order valence-corrected chi connectivity index (χ1v) is 7.27. The second-order valence-corrected chi connectivity index (χ2v) is 5.62. The van der Waals surface area contributed by atoms with Gasteiger partial charge in [0.25, 0.3) is 0 Å². The van der Waals surface area contributed by atoms with Crippen molar-refractivity contribution >= 4 is 18.0 Å². The summed E-state index contributed by atoms with van der Waals surface area (Å²) >= 11 is 0. The minimum atomic E-state index is -1.35. The Labute approximate surface area is 137 Å². The van der Waals surface area contributed by atoms with Crippen molar-refractivity contribution in [3.63, 3.8) is 0 Å². The standard InChI is InChI=1S/C16H18O8/c17-10-3-1-8(5-11(10)18)2-4-14(20)24-13-7-9(16(22)23)6-12(19)15(13)21/h1-5,9,12-13,15,17-19,21H,6-7H2,(H,22,23)/b4-2+/t9-,12-,13-,15-/m1/s1. The molecule has 24 heavy (non-hydrogen) atoms. The van der Waals surface area contributed by atoms with Gasteiger partial charge >= 0.3 is 11.9 Å². The van der Waals surface area contributed by atoms with Crippen molar-refractivity contribution in [3.8, 4) is 11.5 Å². The topological polar surface area (TPSA) is 145 Å². The molecule has 2 rings (SSSR count). The molecule has 0 aromatic heterocycles. The van der Waals surface area contributed by atoms with Crippen LogP contribution in [0.1, 0.15) is 18.4 Å². The molecule has 1 fully saturated rings. The van der Waals surface area contributed by atoms with Gasteiger partial charge < -0.3 is 30.3 Å². The van der Waals surface area contributed by atoms with Gasteiger partial charge in [-0.1, -0.05) is 6.07 Å². The first-order valence-electron chi connectivity index (χ1n) is 7.27. The number of hydrogen-bond donors (Lipinski definition) is 5. The molecule has 1 aromatic carbocycles. The van der Waals surface area contributed by atoms with Crippen molar-refractivity contribution in [2.24, 2.45) is 5.92 Å². The molecule has 5 N–H and O–H groups in total. The Morgan fingerprint density at radius 2 is 1.83 bits per heavy atom. The van der Waals surface area contributed by atoms with E-state index in [-0.39, 0.29) is 24.3 Å². The third-order valence-electron chi connectivity index (χ3n) is 3.85. The largest absolute Gasteiger partial charge is 0.504 e. The lowest BCUT2D eigenvalue weighted by Crippen LogP contribution is -2.48. The molecule has 1 aromatic rings. The van der Waals surface area contributed by atoms with Crippen LogP contribution in [0.4, 0.5) is 0 Å². The van der Waals surface area contributed by atoms with Gasteiger partial charge in [0.05, 0.1) is 12.0 Å². The van der Waals surface area contributed by atoms with Crippen molar-refractivity contribution in [2.45, 2.75) is 31.2 Å². The molecule has 0 saturated heterocycles. The first-order chi connectivity index (χ1) is 11.3. The molecule has 130 valence electrons. The predicted molar refractivity (Wildman–Crippen MR) is 81.1 cm³/mol. The van der Waals surface area contributed by atoms with Crippen LogP contribution in [0, 0.1) is 5.92 Å². The number of carboxylic acid groups (broad SMARTS) is 1. The quantitative estimate of drug-likeness (QED) is 0.298. The number of benzene rings is 1. The Balaban J connectivity index is 2.00. The maximum absolute atomic E-state index is 11.8. The summed E-state index contributed by atoms with van der Waals surface area (Å²) in [4.78, 5) is 22.8. The van der Waals surface area contributed by atoms with Gasteiger partial charge in [-0.2, -0.15) is 0 Å². The summed E-state index contributed by atoms with van der Waals surface area (Å²) in [7, 11) is 0. The summed E-state index contributed by atoms with van der Waals surface area (Å²) in [5.74, 6) is -3.50. The fourth-order valence-electron chi connectivity index (χ4n) is 2.51. The van der Waals surface area contributed by atoms with E-state index in [4.69, 9.17) is 9.84 Å². The number of aliphatic carboxylic acids is 1. The molecule has 1 aliphatic carbocycles. The van der Waals surface area contributed by atoms with Crippen molar-refractivity contribution in [1.29, 1.82) is 0 Å². The summed E-state index contributed by atoms with van der Waals surface area (Å²) < 4.78 is 5.02. The van der Waals surface area contributed by atoms with Crippen LogP contribution in [0.2, 0.25) is 0 Å². The summed E-state index contributed by atoms with van der Waals surface area (Å²) in [6.45, 7) is 0. The molecule has 1 aliphatic rings. The molecule has 0 unspecified atom stereocenters. The van der Waals surface area contributed by atoms with Crippen LogP contribution in [0.25, 0.3) is 6.08 Å². The molecule has 0 spiro atoms. The molecule has 1 saturated carbocycles. The van der Waals surface area contributed by atoms with E-state index in [0.29, 0.717) is 5.56 Å². The van der Waals surface area contributed by atoms with Crippen LogP contribution in [0.3, 0.4) is 0 Å². The number of carbonyl (C=O) groups is 2. The highest BCUT2D eigenvalue weighted by Crippen LogP contribution is 2.28. The number of esters is 1. The van der Waals surface area contributed by atoms with Gasteiger partial charge in [-0.15, -0.1) is 0 Å². The van der Waals surface area contributed by atoms with E-state index in [1.807, 2.05) is 0 Å². The van der Waals surface area contributed by atoms with E-state index in [0.717, 1.165) is 6.08 Å². The number of aliphatic hydroxyl groups excluding tert-OH is 2. The van der Waals surface area contributed by atoms with Gasteiger partial charge in [-0.3, -0.25) is 4.79 Å². The third-order valence-corrected chi connectivity index (χ3v) is 3.85. The molecule has 0 amide bonds. The lowest BCUT2D eigenvalue weighted by molar-refractivity contribution is -0.169. The van der Waals surface area contributed by atoms with Crippen LogP contribution >= 0.6 is 0 Å². The van der Waals surface area contributed by atoms with Crippen molar-refractivity contribution in [3.05, 3.63) is 29.8 Å². The first kappa shape index (κ1) is 17.8. The zero-order valence-corrected chi connectivity index (χ0v) is 12.6. The summed E-state index contributed by atoms with van der Waals surface area (Å²) in [5.41, 5.74) is 0.426. The maximum Gasteiger partial charge on any atom is 0.331 e. The van der Waals surface area contributed by atoms with Crippen molar-refractivity contribution in [1.82, 2.24) is 0 Å². The maximum atomic E-state index is 11.8. The summed E-state index contributed by atoms with van der Waals surface area (Å²) in [5, 5.41) is 47.1. The lowest BCUT2D eigenvalue weighted by Gasteiger charge is -2.34. The van der Waals surface area contributed by atoms with Gasteiger partial charge in [-0.25, -0.2) is 4.79 Å². The highest BCUT2D eigenvalue weighted by Gasteiger charge is 2.40. The van der Waals surface area contributed by atoms with Gasteiger partial charge in [0, 0.05) is 12.5 Å². The minimum absolute atomic E-state index is 0.0901. The summed E-state index contributed by atoms with van der Waals surface area (Å²) in [6.07, 6.45) is -1.59. The van der Waals surface area contributed by atoms with Gasteiger partial charge in [-0.05, 0) is 30.2 Å². The number of rotatable bonds is 4. The number of ether oxygens (including phenoxy) is 1. The number of carbonyl (C=O) groups excluding carboxylic acids is 1. The lowest BCUT2D eigenvalue weighted by atomic mass is 9.83. The fourth-order valence-corrected chi connectivity index (χ4v) is 2.51. The second kappa shape index (κ2) is 7.33. The zero-order valence-electron chi connectivity index (χ0n) is 12.6. The third kappa shape index (κ3) is 4.24. The molecule has 0 heterocycles. The minimum Gasteiger partial charge on any atom is -0.504 e. The smallest absolute Gasteiger partial charge is 0.331 e. The molecule has 0 aliphatic heterocycles. The van der Waals surface area contributed by atoms with E-state index >= 15 is 0 Å². The average molecular weight is 338 g/mol. The Bertz CT molecular complexity index is 653. The summed E-state index contributed by atoms with van der Waals surface area (Å²) in [6, 6.07) is 3.94. The molecule has 4 atom stereocenters. The van der Waals surface area contributed by atoms with Crippen LogP contribution < -0.4 is 0 Å². The Kier molecular flexibility index (Phi) is 5.42. The Morgan fingerprint density at radius 1 is 1.12 bits per heavy atom. The number of phenolic OH excluding ortho intramolecular Hbond substituents is 2. The number of hydrogen-bond acceptors (Lipinski definition) is 7. The molecule has 8 nitrogen and oxygen atoms in total. The molecule has 0 bridgehead atoms. The van der Waals surface area contributed by atoms with E-state index in [9.17, 15) is 30.0 Å². The number of phenols is 2. The van der Waals surface area contributed by atoms with Crippen LogP contribution in [0.15, 0.2) is 24.3 Å². The van der Waals surface area contributed by atoms with E-state index in [1.54, 1.807) is 0 Å². The van der Waals surface area contributed by atoms with E-state index < -0.39 is 36.2 Å².